The predicted molar refractivity (Wildman–Crippen MR) is 117 cm³/mol. The van der Waals surface area contributed by atoms with E-state index in [1.807, 2.05) is 41.9 Å². The number of anilines is 2. The molecule has 2 aromatic heterocycles. The minimum Gasteiger partial charge on any atom is -0.457 e. The zero-order valence-corrected chi connectivity index (χ0v) is 16.9. The summed E-state index contributed by atoms with van der Waals surface area (Å²) in [5.41, 5.74) is 10.0. The Morgan fingerprint density at radius 2 is 1.87 bits per heavy atom. The number of rotatable bonds is 7. The van der Waals surface area contributed by atoms with Crippen LogP contribution in [0.2, 0.25) is 0 Å². The number of aromatic nitrogens is 3. The normalized spacial score (nSPS) is 10.9. The fourth-order valence-corrected chi connectivity index (χ4v) is 3.15. The van der Waals surface area contributed by atoms with E-state index in [1.165, 1.54) is 5.56 Å². The molecule has 0 atom stereocenters. The van der Waals surface area contributed by atoms with Gasteiger partial charge in [-0.25, -0.2) is 4.98 Å². The molecule has 0 unspecified atom stereocenters. The lowest BCUT2D eigenvalue weighted by Crippen LogP contribution is -2.16. The van der Waals surface area contributed by atoms with Crippen LogP contribution in [-0.4, -0.2) is 26.9 Å². The monoisotopic (exact) mass is 401 g/mol. The van der Waals surface area contributed by atoms with E-state index in [1.54, 1.807) is 18.3 Å². The maximum absolute atomic E-state index is 11.6. The number of benzene rings is 2. The van der Waals surface area contributed by atoms with Gasteiger partial charge in [0.15, 0.2) is 5.78 Å². The Morgan fingerprint density at radius 1 is 1.10 bits per heavy atom. The van der Waals surface area contributed by atoms with Crippen molar-refractivity contribution in [2.24, 2.45) is 12.8 Å². The standard InChI is InChI=1S/C23H23N5O2/c1-15-3-5-16(6-4-15)26-23-27-21-13-19(7-8-22(21)28(23)2)30-20-9-10-25-17(12-20)11-18(29)14-24/h3-10,12-13H,11,14,24H2,1-2H3,(H,26,27). The number of ketones is 1. The fourth-order valence-electron chi connectivity index (χ4n) is 3.15. The summed E-state index contributed by atoms with van der Waals surface area (Å²) in [5, 5.41) is 3.35. The first-order valence-electron chi connectivity index (χ1n) is 9.66. The Bertz CT molecular complexity index is 1200. The van der Waals surface area contributed by atoms with Crippen molar-refractivity contribution in [2.75, 3.05) is 11.9 Å². The van der Waals surface area contributed by atoms with Crippen molar-refractivity contribution < 1.29 is 9.53 Å². The number of hydrogen-bond acceptors (Lipinski definition) is 6. The van der Waals surface area contributed by atoms with Gasteiger partial charge in [-0.05, 0) is 37.3 Å². The van der Waals surface area contributed by atoms with Crippen molar-refractivity contribution in [2.45, 2.75) is 13.3 Å². The first-order valence-corrected chi connectivity index (χ1v) is 9.66. The number of aryl methyl sites for hydroxylation is 2. The van der Waals surface area contributed by atoms with Crippen molar-refractivity contribution in [3.05, 3.63) is 72.1 Å². The molecule has 152 valence electrons. The van der Waals surface area contributed by atoms with E-state index in [0.717, 1.165) is 22.7 Å². The number of nitrogens with one attached hydrogen (secondary N) is 1. The van der Waals surface area contributed by atoms with Crippen molar-refractivity contribution in [1.82, 2.24) is 14.5 Å². The predicted octanol–water partition coefficient (Wildman–Crippen LogP) is 3.88. The van der Waals surface area contributed by atoms with Gasteiger partial charge in [-0.15, -0.1) is 0 Å². The lowest BCUT2D eigenvalue weighted by atomic mass is 10.2. The molecule has 0 amide bonds. The topological polar surface area (TPSA) is 95.1 Å². The van der Waals surface area contributed by atoms with E-state index in [4.69, 9.17) is 15.5 Å². The molecule has 2 heterocycles. The Kier molecular flexibility index (Phi) is 5.45. The third kappa shape index (κ3) is 4.31. The minimum atomic E-state index is -0.0665. The minimum absolute atomic E-state index is 0.00205. The van der Waals surface area contributed by atoms with Crippen molar-refractivity contribution in [3.8, 4) is 11.5 Å². The molecule has 7 heteroatoms. The average molecular weight is 401 g/mol. The number of carbonyl (C=O) groups excluding carboxylic acids is 1. The number of nitrogens with zero attached hydrogens (tertiary/aromatic N) is 3. The number of carbonyl (C=O) groups is 1. The van der Waals surface area contributed by atoms with E-state index in [0.29, 0.717) is 17.2 Å². The Hall–Kier alpha value is -3.71. The van der Waals surface area contributed by atoms with Crippen molar-refractivity contribution >= 4 is 28.5 Å². The summed E-state index contributed by atoms with van der Waals surface area (Å²) < 4.78 is 7.97. The highest BCUT2D eigenvalue weighted by atomic mass is 16.5. The molecule has 0 spiro atoms. The first-order chi connectivity index (χ1) is 14.5. The summed E-state index contributed by atoms with van der Waals surface area (Å²) in [5.74, 6) is 1.95. The number of hydrogen-bond donors (Lipinski definition) is 2. The molecule has 0 saturated heterocycles. The Balaban J connectivity index is 1.56. The first kappa shape index (κ1) is 19.6. The summed E-state index contributed by atoms with van der Waals surface area (Å²) in [7, 11) is 1.97. The third-order valence-electron chi connectivity index (χ3n) is 4.79. The Labute approximate surface area is 174 Å². The maximum Gasteiger partial charge on any atom is 0.208 e. The number of pyridine rings is 1. The molecule has 3 N–H and O–H groups in total. The zero-order valence-electron chi connectivity index (χ0n) is 16.9. The van der Waals surface area contributed by atoms with E-state index in [2.05, 4.69) is 29.4 Å². The van der Waals surface area contributed by atoms with E-state index in [-0.39, 0.29) is 18.7 Å². The lowest BCUT2D eigenvalue weighted by molar-refractivity contribution is -0.117. The fraction of sp³-hybridized carbons (Fsp3) is 0.174. The van der Waals surface area contributed by atoms with Crippen LogP contribution in [0.15, 0.2) is 60.8 Å². The smallest absolute Gasteiger partial charge is 0.208 e. The van der Waals surface area contributed by atoms with Gasteiger partial charge in [0.25, 0.3) is 0 Å². The summed E-state index contributed by atoms with van der Waals surface area (Å²) in [6, 6.07) is 17.4. The van der Waals surface area contributed by atoms with Crippen LogP contribution in [0.1, 0.15) is 11.3 Å². The second-order valence-electron chi connectivity index (χ2n) is 7.14. The van der Waals surface area contributed by atoms with Crippen LogP contribution in [0, 0.1) is 6.92 Å². The lowest BCUT2D eigenvalue weighted by Gasteiger charge is -2.07. The quantitative estimate of drug-likeness (QED) is 0.488. The number of Topliss-reactive ketones (excluding diaryl/α,β-unsaturated/α-hetero) is 1. The molecule has 7 nitrogen and oxygen atoms in total. The van der Waals surface area contributed by atoms with Crippen molar-refractivity contribution in [3.63, 3.8) is 0 Å². The molecule has 0 radical (unpaired) electrons. The summed E-state index contributed by atoms with van der Waals surface area (Å²) in [6.07, 6.45) is 1.82. The van der Waals surface area contributed by atoms with Gasteiger partial charge in [0, 0.05) is 31.1 Å². The third-order valence-corrected chi connectivity index (χ3v) is 4.79. The van der Waals surface area contributed by atoms with Gasteiger partial charge in [-0.3, -0.25) is 9.78 Å². The molecule has 0 fully saturated rings. The molecule has 4 aromatic rings. The zero-order chi connectivity index (χ0) is 21.1. The number of imidazole rings is 1. The molecular formula is C23H23N5O2. The van der Waals surface area contributed by atoms with Crippen molar-refractivity contribution in [1.29, 1.82) is 0 Å². The molecule has 0 aliphatic carbocycles. The average Bonchev–Trinajstić information content (AvgIpc) is 3.04. The number of ether oxygens (including phenoxy) is 1. The SMILES string of the molecule is Cc1ccc(Nc2nc3cc(Oc4ccnc(CC(=O)CN)c4)ccc3n2C)cc1. The molecule has 4 rings (SSSR count). The van der Waals surface area contributed by atoms with Gasteiger partial charge in [-0.1, -0.05) is 17.7 Å². The highest BCUT2D eigenvalue weighted by Crippen LogP contribution is 2.28. The van der Waals surface area contributed by atoms with Crippen LogP contribution in [0.3, 0.4) is 0 Å². The number of fused-ring (bicyclic) bond motifs is 1. The van der Waals surface area contributed by atoms with Gasteiger partial charge < -0.3 is 20.4 Å². The second-order valence-corrected chi connectivity index (χ2v) is 7.14. The van der Waals surface area contributed by atoms with Gasteiger partial charge in [-0.2, -0.15) is 0 Å². The van der Waals surface area contributed by atoms with Crippen LogP contribution in [-0.2, 0) is 18.3 Å². The number of nitrogens with two attached hydrogens (primary N) is 1. The summed E-state index contributed by atoms with van der Waals surface area (Å²) in [4.78, 5) is 20.5. The molecule has 30 heavy (non-hydrogen) atoms. The highest BCUT2D eigenvalue weighted by molar-refractivity contribution is 5.82. The molecule has 0 aliphatic heterocycles. The van der Waals surface area contributed by atoms with Crippen LogP contribution >= 0.6 is 0 Å². The summed E-state index contributed by atoms with van der Waals surface area (Å²) in [6.45, 7) is 2.06. The van der Waals surface area contributed by atoms with E-state index >= 15 is 0 Å². The Morgan fingerprint density at radius 3 is 2.63 bits per heavy atom. The van der Waals surface area contributed by atoms with Gasteiger partial charge in [0.2, 0.25) is 5.95 Å². The summed E-state index contributed by atoms with van der Waals surface area (Å²) >= 11 is 0. The van der Waals surface area contributed by atoms with Crippen LogP contribution in [0.25, 0.3) is 11.0 Å². The van der Waals surface area contributed by atoms with Crippen LogP contribution in [0.4, 0.5) is 11.6 Å². The molecule has 2 aromatic carbocycles. The molecule has 0 saturated carbocycles. The van der Waals surface area contributed by atoms with Gasteiger partial charge in [0.05, 0.1) is 29.7 Å². The van der Waals surface area contributed by atoms with E-state index < -0.39 is 0 Å². The van der Waals surface area contributed by atoms with Crippen LogP contribution < -0.4 is 15.8 Å². The van der Waals surface area contributed by atoms with Gasteiger partial charge >= 0.3 is 0 Å². The second kappa shape index (κ2) is 8.34. The van der Waals surface area contributed by atoms with Gasteiger partial charge in [0.1, 0.15) is 11.5 Å². The maximum atomic E-state index is 11.6. The van der Waals surface area contributed by atoms with E-state index in [9.17, 15) is 4.79 Å². The largest absolute Gasteiger partial charge is 0.457 e. The molecule has 0 bridgehead atoms. The highest BCUT2D eigenvalue weighted by Gasteiger charge is 2.10. The van der Waals surface area contributed by atoms with Crippen LogP contribution in [0.5, 0.6) is 11.5 Å². The molecular weight excluding hydrogens is 378 g/mol. The molecule has 0 aliphatic rings.